The van der Waals surface area contributed by atoms with Gasteiger partial charge in [0.1, 0.15) is 5.78 Å². The molecule has 2 nitrogen and oxygen atoms in total. The van der Waals surface area contributed by atoms with Crippen LogP contribution >= 0.6 is 0 Å². The van der Waals surface area contributed by atoms with Crippen LogP contribution in [-0.4, -0.2) is 23.8 Å². The number of rotatable bonds is 2. The lowest BCUT2D eigenvalue weighted by Crippen LogP contribution is -2.46. The van der Waals surface area contributed by atoms with E-state index in [1.807, 2.05) is 0 Å². The Bertz CT molecular complexity index is 708. The first-order valence-electron chi connectivity index (χ1n) is 11.0. The number of fused-ring (bicyclic) bond motifs is 4. The maximum atomic E-state index is 12.8. The van der Waals surface area contributed by atoms with Gasteiger partial charge in [-0.15, -0.1) is 0 Å². The summed E-state index contributed by atoms with van der Waals surface area (Å²) in [5, 5.41) is 0. The molecule has 0 aromatic carbocycles. The second-order valence-corrected chi connectivity index (χ2v) is 9.47. The summed E-state index contributed by atoms with van der Waals surface area (Å²) < 4.78 is 0. The third-order valence-electron chi connectivity index (χ3n) is 8.54. The molecule has 1 aliphatic heterocycles. The Morgan fingerprint density at radius 2 is 1.96 bits per heavy atom. The van der Waals surface area contributed by atoms with Crippen LogP contribution < -0.4 is 0 Å². The van der Waals surface area contributed by atoms with Crippen LogP contribution in [0, 0.1) is 23.2 Å². The van der Waals surface area contributed by atoms with Crippen LogP contribution in [0.3, 0.4) is 0 Å². The normalized spacial score (nSPS) is 39.7. The number of carbonyl (C=O) groups is 1. The monoisotopic (exact) mass is 351 g/mol. The summed E-state index contributed by atoms with van der Waals surface area (Å²) in [6.45, 7) is 9.32. The van der Waals surface area contributed by atoms with Crippen LogP contribution in [-0.2, 0) is 4.79 Å². The molecule has 1 saturated heterocycles. The standard InChI is InChI=1S/C24H33NO/c1-3-24-15-16(2)23-19-9-7-18(25-12-4-5-13-25)14-17(19)6-8-20(23)21(24)10-11-22(24)26/h14,20-21,23H,2-13,15H2,1H3/t20?,21?,23?,24-/m0/s1. The molecule has 0 bridgehead atoms. The zero-order chi connectivity index (χ0) is 17.9. The van der Waals surface area contributed by atoms with Crippen LogP contribution in [0.5, 0.6) is 0 Å². The number of carbonyl (C=O) groups excluding carboxylic acids is 1. The number of hydrogen-bond acceptors (Lipinski definition) is 2. The predicted octanol–water partition coefficient (Wildman–Crippen LogP) is 5.42. The van der Waals surface area contributed by atoms with Crippen molar-refractivity contribution >= 4 is 5.78 Å². The lowest BCUT2D eigenvalue weighted by molar-refractivity contribution is -0.129. The molecule has 2 saturated carbocycles. The predicted molar refractivity (Wildman–Crippen MR) is 106 cm³/mol. The molecule has 0 amide bonds. The molecule has 0 N–H and O–H groups in total. The lowest BCUT2D eigenvalue weighted by Gasteiger charge is -2.51. The van der Waals surface area contributed by atoms with Crippen molar-refractivity contribution in [2.45, 2.75) is 71.1 Å². The minimum atomic E-state index is -0.0540. The van der Waals surface area contributed by atoms with Gasteiger partial charge >= 0.3 is 0 Å². The lowest BCUT2D eigenvalue weighted by atomic mass is 9.52. The molecule has 0 aromatic heterocycles. The largest absolute Gasteiger partial charge is 0.375 e. The average Bonchev–Trinajstić information content (AvgIpc) is 3.30. The molecule has 0 aromatic rings. The highest BCUT2D eigenvalue weighted by atomic mass is 16.1. The zero-order valence-corrected chi connectivity index (χ0v) is 16.4. The number of likely N-dealkylation sites (tertiary alicyclic amines) is 1. The first-order valence-corrected chi connectivity index (χ1v) is 11.0. The molecule has 3 unspecified atom stereocenters. The number of Topliss-reactive ketones (excluding diaryl/α,β-unsaturated/α-hetero) is 1. The van der Waals surface area contributed by atoms with Crippen molar-refractivity contribution in [3.8, 4) is 0 Å². The highest BCUT2D eigenvalue weighted by Crippen LogP contribution is 2.62. The van der Waals surface area contributed by atoms with E-state index >= 15 is 0 Å². The van der Waals surface area contributed by atoms with Crippen molar-refractivity contribution in [1.82, 2.24) is 4.90 Å². The van der Waals surface area contributed by atoms with Gasteiger partial charge in [-0.2, -0.15) is 0 Å². The van der Waals surface area contributed by atoms with Crippen molar-refractivity contribution in [2.24, 2.45) is 23.2 Å². The van der Waals surface area contributed by atoms with Gasteiger partial charge < -0.3 is 4.90 Å². The number of allylic oxidation sites excluding steroid dienone is 5. The van der Waals surface area contributed by atoms with Gasteiger partial charge in [-0.05, 0) is 81.3 Å². The highest BCUT2D eigenvalue weighted by molar-refractivity contribution is 5.88. The molecule has 140 valence electrons. The Morgan fingerprint density at radius 3 is 2.73 bits per heavy atom. The summed E-state index contributed by atoms with van der Waals surface area (Å²) in [7, 11) is 0. The molecule has 2 heteroatoms. The SMILES string of the molecule is C=C1C[C@]2(CC)C(=O)CCC2C2CCC3=C(CCC(N4CCCC4)=C3)C12. The first kappa shape index (κ1) is 16.8. The third kappa shape index (κ3) is 2.26. The van der Waals surface area contributed by atoms with Crippen molar-refractivity contribution in [3.05, 3.63) is 35.1 Å². The topological polar surface area (TPSA) is 20.3 Å². The zero-order valence-electron chi connectivity index (χ0n) is 16.4. The molecule has 4 atom stereocenters. The van der Waals surface area contributed by atoms with E-state index in [0.717, 1.165) is 25.7 Å². The molecule has 3 fully saturated rings. The third-order valence-corrected chi connectivity index (χ3v) is 8.54. The first-order chi connectivity index (χ1) is 12.6. The van der Waals surface area contributed by atoms with E-state index in [1.165, 1.54) is 57.2 Å². The molecule has 0 spiro atoms. The molecular weight excluding hydrogens is 318 g/mol. The summed E-state index contributed by atoms with van der Waals surface area (Å²) in [6.07, 6.45) is 14.2. The molecule has 4 aliphatic carbocycles. The van der Waals surface area contributed by atoms with Crippen molar-refractivity contribution < 1.29 is 4.79 Å². The Kier molecular flexibility index (Phi) is 3.95. The van der Waals surface area contributed by atoms with E-state index in [9.17, 15) is 4.79 Å². The minimum Gasteiger partial charge on any atom is -0.375 e. The van der Waals surface area contributed by atoms with Crippen LogP contribution in [0.4, 0.5) is 0 Å². The summed E-state index contributed by atoms with van der Waals surface area (Å²) in [5.41, 5.74) is 6.27. The van der Waals surface area contributed by atoms with Gasteiger partial charge in [-0.3, -0.25) is 4.79 Å². The average molecular weight is 352 g/mol. The highest BCUT2D eigenvalue weighted by Gasteiger charge is 2.57. The van der Waals surface area contributed by atoms with Gasteiger partial charge in [0.15, 0.2) is 0 Å². The summed E-state index contributed by atoms with van der Waals surface area (Å²) in [6, 6.07) is 0. The summed E-state index contributed by atoms with van der Waals surface area (Å²) in [5.74, 6) is 2.42. The quantitative estimate of drug-likeness (QED) is 0.619. The second-order valence-electron chi connectivity index (χ2n) is 9.47. The van der Waals surface area contributed by atoms with Gasteiger partial charge in [-0.25, -0.2) is 0 Å². The Balaban J connectivity index is 1.48. The second kappa shape index (κ2) is 6.11. The molecule has 26 heavy (non-hydrogen) atoms. The van der Waals surface area contributed by atoms with Gasteiger partial charge in [0.2, 0.25) is 0 Å². The summed E-state index contributed by atoms with van der Waals surface area (Å²) >= 11 is 0. The number of nitrogens with zero attached hydrogens (tertiary/aromatic N) is 1. The van der Waals surface area contributed by atoms with Crippen molar-refractivity contribution in [1.29, 1.82) is 0 Å². The fraction of sp³-hybridized carbons (Fsp3) is 0.708. The molecule has 1 heterocycles. The van der Waals surface area contributed by atoms with E-state index < -0.39 is 0 Å². The minimum absolute atomic E-state index is 0.0540. The van der Waals surface area contributed by atoms with Crippen LogP contribution in [0.25, 0.3) is 0 Å². The maximum absolute atomic E-state index is 12.8. The molecule has 0 radical (unpaired) electrons. The van der Waals surface area contributed by atoms with Crippen molar-refractivity contribution in [2.75, 3.05) is 13.1 Å². The van der Waals surface area contributed by atoms with Gasteiger partial charge in [-0.1, -0.05) is 24.6 Å². The van der Waals surface area contributed by atoms with Crippen LogP contribution in [0.1, 0.15) is 71.1 Å². The Morgan fingerprint density at radius 1 is 1.15 bits per heavy atom. The van der Waals surface area contributed by atoms with Gasteiger partial charge in [0.25, 0.3) is 0 Å². The smallest absolute Gasteiger partial charge is 0.139 e. The number of hydrogen-bond donors (Lipinski definition) is 0. The van der Waals surface area contributed by atoms with E-state index in [2.05, 4.69) is 24.5 Å². The fourth-order valence-electron chi connectivity index (χ4n) is 7.33. The van der Waals surface area contributed by atoms with E-state index in [-0.39, 0.29) is 5.41 Å². The van der Waals surface area contributed by atoms with Crippen LogP contribution in [0.15, 0.2) is 35.1 Å². The van der Waals surface area contributed by atoms with Gasteiger partial charge in [0, 0.05) is 36.5 Å². The summed E-state index contributed by atoms with van der Waals surface area (Å²) in [4.78, 5) is 15.4. The van der Waals surface area contributed by atoms with E-state index in [1.54, 1.807) is 16.8 Å². The molecule has 5 rings (SSSR count). The van der Waals surface area contributed by atoms with Gasteiger partial charge in [0.05, 0.1) is 0 Å². The maximum Gasteiger partial charge on any atom is 0.139 e. The Hall–Kier alpha value is -1.31. The van der Waals surface area contributed by atoms with Crippen LogP contribution in [0.2, 0.25) is 0 Å². The Labute approximate surface area is 158 Å². The number of ketones is 1. The van der Waals surface area contributed by atoms with Crippen molar-refractivity contribution in [3.63, 3.8) is 0 Å². The van der Waals surface area contributed by atoms with E-state index in [0.29, 0.717) is 23.5 Å². The van der Waals surface area contributed by atoms with E-state index in [4.69, 9.17) is 0 Å². The fourth-order valence-corrected chi connectivity index (χ4v) is 7.33. The molecular formula is C24H33NO. The molecule has 5 aliphatic rings.